The molecule has 0 N–H and O–H groups in total. The Hall–Kier alpha value is -1.88. The van der Waals surface area contributed by atoms with Crippen LogP contribution < -0.4 is 5.56 Å². The third-order valence-electron chi connectivity index (χ3n) is 2.43. The van der Waals surface area contributed by atoms with E-state index in [2.05, 4.69) is 0 Å². The molecule has 2 rings (SSSR count). The number of hydrogen-bond acceptors (Lipinski definition) is 4. The van der Waals surface area contributed by atoms with Crippen LogP contribution in [0.15, 0.2) is 46.0 Å². The van der Waals surface area contributed by atoms with Gasteiger partial charge in [0.25, 0.3) is 0 Å². The van der Waals surface area contributed by atoms with E-state index in [0.717, 1.165) is 0 Å². The van der Waals surface area contributed by atoms with Crippen molar-refractivity contribution in [2.24, 2.45) is 0 Å². The van der Waals surface area contributed by atoms with E-state index in [9.17, 15) is 9.59 Å². The summed E-state index contributed by atoms with van der Waals surface area (Å²) in [5.74, 6) is -0.309. The molecule has 0 saturated heterocycles. The minimum absolute atomic E-state index is 0.0401. The van der Waals surface area contributed by atoms with Gasteiger partial charge in [0.2, 0.25) is 5.56 Å². The van der Waals surface area contributed by atoms with Crippen LogP contribution in [0.5, 0.6) is 0 Å². The van der Waals surface area contributed by atoms with Crippen molar-refractivity contribution >= 4 is 17.3 Å². The molecular weight excluding hydrogens is 250 g/mol. The minimum Gasteiger partial charge on any atom is -0.462 e. The fourth-order valence-corrected chi connectivity index (χ4v) is 2.13. The first-order valence-corrected chi connectivity index (χ1v) is 6.56. The molecule has 0 radical (unpaired) electrons. The predicted molar refractivity (Wildman–Crippen MR) is 69.9 cm³/mol. The van der Waals surface area contributed by atoms with Crippen LogP contribution in [0.25, 0.3) is 0 Å². The molecule has 0 atom stereocenters. The third kappa shape index (κ3) is 3.30. The van der Waals surface area contributed by atoms with Crippen molar-refractivity contribution in [2.45, 2.75) is 13.0 Å². The summed E-state index contributed by atoms with van der Waals surface area (Å²) in [5.41, 5.74) is 0.540. The standard InChI is InChI=1S/C13H13NO3S/c15-12-4-1-2-6-14(12)7-3-8-17-13(16)11-5-9-18-10-11/h1-2,4-6,9-10H,3,7-8H2. The average Bonchev–Trinajstić information content (AvgIpc) is 2.90. The molecule has 0 unspecified atom stereocenters. The fourth-order valence-electron chi connectivity index (χ4n) is 1.51. The van der Waals surface area contributed by atoms with Crippen molar-refractivity contribution in [3.8, 4) is 0 Å². The molecule has 2 aromatic heterocycles. The number of ether oxygens (including phenoxy) is 1. The van der Waals surface area contributed by atoms with Crippen molar-refractivity contribution in [1.82, 2.24) is 4.57 Å². The molecule has 0 bridgehead atoms. The number of nitrogens with zero attached hydrogens (tertiary/aromatic N) is 1. The van der Waals surface area contributed by atoms with Crippen molar-refractivity contribution in [1.29, 1.82) is 0 Å². The lowest BCUT2D eigenvalue weighted by molar-refractivity contribution is 0.0496. The average molecular weight is 263 g/mol. The second-order valence-electron chi connectivity index (χ2n) is 3.73. The first-order valence-electron chi connectivity index (χ1n) is 5.62. The number of rotatable bonds is 5. The summed E-state index contributed by atoms with van der Waals surface area (Å²) >= 11 is 1.46. The van der Waals surface area contributed by atoms with Gasteiger partial charge in [0.15, 0.2) is 0 Å². The lowest BCUT2D eigenvalue weighted by Gasteiger charge is -2.05. The molecule has 0 amide bonds. The van der Waals surface area contributed by atoms with Crippen molar-refractivity contribution in [2.75, 3.05) is 6.61 Å². The van der Waals surface area contributed by atoms with Gasteiger partial charge in [0, 0.05) is 24.2 Å². The van der Waals surface area contributed by atoms with E-state index < -0.39 is 0 Å². The summed E-state index contributed by atoms with van der Waals surface area (Å²) in [6.45, 7) is 0.868. The van der Waals surface area contributed by atoms with E-state index in [4.69, 9.17) is 4.74 Å². The van der Waals surface area contributed by atoms with Gasteiger partial charge in [-0.2, -0.15) is 11.3 Å². The zero-order valence-electron chi connectivity index (χ0n) is 9.74. The fraction of sp³-hybridized carbons (Fsp3) is 0.231. The summed E-state index contributed by atoms with van der Waals surface area (Å²) in [6, 6.07) is 6.75. The summed E-state index contributed by atoms with van der Waals surface area (Å²) < 4.78 is 6.70. The van der Waals surface area contributed by atoms with Crippen LogP contribution in [0.3, 0.4) is 0 Å². The number of hydrogen-bond donors (Lipinski definition) is 0. The Morgan fingerprint density at radius 3 is 2.94 bits per heavy atom. The van der Waals surface area contributed by atoms with Gasteiger partial charge in [-0.05, 0) is 23.9 Å². The molecule has 0 aliphatic rings. The molecule has 2 heterocycles. The molecule has 94 valence electrons. The quantitative estimate of drug-likeness (QED) is 0.613. The van der Waals surface area contributed by atoms with Crippen LogP contribution in [0.4, 0.5) is 0 Å². The lowest BCUT2D eigenvalue weighted by Crippen LogP contribution is -2.19. The van der Waals surface area contributed by atoms with E-state index in [1.165, 1.54) is 17.4 Å². The maximum atomic E-state index is 11.5. The summed E-state index contributed by atoms with van der Waals surface area (Å²) in [4.78, 5) is 22.9. The van der Waals surface area contributed by atoms with Gasteiger partial charge < -0.3 is 9.30 Å². The van der Waals surface area contributed by atoms with Gasteiger partial charge in [-0.25, -0.2) is 4.79 Å². The van der Waals surface area contributed by atoms with E-state index in [1.54, 1.807) is 34.3 Å². The van der Waals surface area contributed by atoms with Crippen LogP contribution in [0.2, 0.25) is 0 Å². The molecule has 18 heavy (non-hydrogen) atoms. The number of carbonyl (C=O) groups is 1. The second kappa shape index (κ2) is 6.16. The molecule has 0 spiro atoms. The molecule has 0 aliphatic heterocycles. The van der Waals surface area contributed by atoms with Gasteiger partial charge in [0.1, 0.15) is 0 Å². The highest BCUT2D eigenvalue weighted by Gasteiger charge is 2.06. The van der Waals surface area contributed by atoms with Gasteiger partial charge in [-0.1, -0.05) is 6.07 Å². The molecule has 0 aliphatic carbocycles. The van der Waals surface area contributed by atoms with E-state index in [0.29, 0.717) is 25.1 Å². The Bertz CT molecular complexity index is 560. The monoisotopic (exact) mass is 263 g/mol. The number of aromatic nitrogens is 1. The topological polar surface area (TPSA) is 48.3 Å². The molecule has 2 aromatic rings. The van der Waals surface area contributed by atoms with Crippen LogP contribution in [-0.2, 0) is 11.3 Å². The summed E-state index contributed by atoms with van der Waals surface area (Å²) in [5, 5.41) is 3.59. The Morgan fingerprint density at radius 2 is 2.22 bits per heavy atom. The number of thiophene rings is 1. The Kier molecular flexibility index (Phi) is 4.30. The first-order chi connectivity index (χ1) is 8.77. The molecule has 0 fully saturated rings. The predicted octanol–water partition coefficient (Wildman–Crippen LogP) is 2.16. The van der Waals surface area contributed by atoms with E-state index >= 15 is 0 Å². The van der Waals surface area contributed by atoms with E-state index in [-0.39, 0.29) is 11.5 Å². The maximum Gasteiger partial charge on any atom is 0.338 e. The van der Waals surface area contributed by atoms with Gasteiger partial charge in [-0.15, -0.1) is 0 Å². The summed E-state index contributed by atoms with van der Waals surface area (Å²) in [7, 11) is 0. The normalized spacial score (nSPS) is 10.2. The number of aryl methyl sites for hydroxylation is 1. The van der Waals surface area contributed by atoms with Crippen LogP contribution in [0.1, 0.15) is 16.8 Å². The molecule has 0 aromatic carbocycles. The van der Waals surface area contributed by atoms with Crippen LogP contribution in [0, 0.1) is 0 Å². The maximum absolute atomic E-state index is 11.5. The minimum atomic E-state index is -0.309. The highest BCUT2D eigenvalue weighted by Crippen LogP contribution is 2.07. The Balaban J connectivity index is 1.75. The van der Waals surface area contributed by atoms with Crippen molar-refractivity contribution in [3.63, 3.8) is 0 Å². The highest BCUT2D eigenvalue weighted by atomic mass is 32.1. The van der Waals surface area contributed by atoms with Crippen molar-refractivity contribution < 1.29 is 9.53 Å². The van der Waals surface area contributed by atoms with Gasteiger partial charge >= 0.3 is 5.97 Å². The van der Waals surface area contributed by atoms with Gasteiger partial charge in [0.05, 0.1) is 12.2 Å². The SMILES string of the molecule is O=C(OCCCn1ccccc1=O)c1ccsc1. The molecule has 4 nitrogen and oxygen atoms in total. The molecule has 0 saturated carbocycles. The Labute approximate surface area is 108 Å². The highest BCUT2D eigenvalue weighted by molar-refractivity contribution is 7.08. The summed E-state index contributed by atoms with van der Waals surface area (Å²) in [6.07, 6.45) is 2.35. The van der Waals surface area contributed by atoms with Crippen LogP contribution >= 0.6 is 11.3 Å². The largest absolute Gasteiger partial charge is 0.462 e. The Morgan fingerprint density at radius 1 is 1.33 bits per heavy atom. The zero-order chi connectivity index (χ0) is 12.8. The second-order valence-corrected chi connectivity index (χ2v) is 4.51. The van der Waals surface area contributed by atoms with Crippen molar-refractivity contribution in [3.05, 3.63) is 57.1 Å². The third-order valence-corrected chi connectivity index (χ3v) is 3.12. The zero-order valence-corrected chi connectivity index (χ0v) is 10.6. The van der Waals surface area contributed by atoms with Crippen LogP contribution in [-0.4, -0.2) is 17.1 Å². The van der Waals surface area contributed by atoms with E-state index in [1.807, 2.05) is 5.38 Å². The molecule has 5 heteroatoms. The number of pyridine rings is 1. The number of esters is 1. The lowest BCUT2D eigenvalue weighted by atomic mass is 10.3. The van der Waals surface area contributed by atoms with Gasteiger partial charge in [-0.3, -0.25) is 4.79 Å². The first kappa shape index (κ1) is 12.6. The smallest absolute Gasteiger partial charge is 0.338 e. The number of carbonyl (C=O) groups excluding carboxylic acids is 1. The molecular formula is C13H13NO3S.